The lowest BCUT2D eigenvalue weighted by molar-refractivity contribution is 0.102. The van der Waals surface area contributed by atoms with Crippen molar-refractivity contribution >= 4 is 39.1 Å². The van der Waals surface area contributed by atoms with Crippen LogP contribution in [0.5, 0.6) is 0 Å². The Kier molecular flexibility index (Phi) is 3.81. The van der Waals surface area contributed by atoms with Crippen LogP contribution in [0.2, 0.25) is 5.02 Å². The maximum atomic E-state index is 12.2. The third-order valence-electron chi connectivity index (χ3n) is 2.89. The van der Waals surface area contributed by atoms with E-state index in [-0.39, 0.29) is 5.91 Å². The van der Waals surface area contributed by atoms with Crippen molar-refractivity contribution in [2.45, 2.75) is 0 Å². The molecule has 0 bridgehead atoms. The molecule has 0 atom stereocenters. The molecule has 0 fully saturated rings. The van der Waals surface area contributed by atoms with Crippen LogP contribution in [0.3, 0.4) is 0 Å². The lowest BCUT2D eigenvalue weighted by Gasteiger charge is -2.12. The Morgan fingerprint density at radius 3 is 2.95 bits per heavy atom. The van der Waals surface area contributed by atoms with E-state index in [2.05, 4.69) is 31.2 Å². The number of benzene rings is 1. The SMILES string of the molecule is O=C(Nc1cccc(Cl)c1-n1ccnc1)c1cc(Br)c[nH]1. The highest BCUT2D eigenvalue weighted by Gasteiger charge is 2.14. The molecule has 0 aliphatic carbocycles. The number of aromatic amines is 1. The number of H-pyrrole nitrogens is 1. The van der Waals surface area contributed by atoms with Crippen LogP contribution in [0.1, 0.15) is 10.5 Å². The summed E-state index contributed by atoms with van der Waals surface area (Å²) in [4.78, 5) is 19.1. The van der Waals surface area contributed by atoms with Crippen LogP contribution in [0.4, 0.5) is 5.69 Å². The lowest BCUT2D eigenvalue weighted by Crippen LogP contribution is -2.14. The van der Waals surface area contributed by atoms with E-state index in [0.29, 0.717) is 22.1 Å². The lowest BCUT2D eigenvalue weighted by atomic mass is 10.2. The molecule has 3 rings (SSSR count). The number of nitrogens with one attached hydrogen (secondary N) is 2. The minimum Gasteiger partial charge on any atom is -0.356 e. The Hall–Kier alpha value is -2.05. The average molecular weight is 366 g/mol. The van der Waals surface area contributed by atoms with E-state index in [0.717, 1.165) is 4.47 Å². The van der Waals surface area contributed by atoms with Gasteiger partial charge < -0.3 is 14.9 Å². The number of anilines is 1. The standard InChI is InChI=1S/C14H10BrClN4O/c15-9-6-12(18-7-9)14(21)19-11-3-1-2-10(16)13(11)20-5-4-17-8-20/h1-8,18H,(H,19,21). The quantitative estimate of drug-likeness (QED) is 0.740. The first-order valence-electron chi connectivity index (χ1n) is 6.07. The van der Waals surface area contributed by atoms with E-state index in [1.165, 1.54) is 0 Å². The fourth-order valence-electron chi connectivity index (χ4n) is 1.96. The molecular formula is C14H10BrClN4O. The average Bonchev–Trinajstić information content (AvgIpc) is 3.10. The van der Waals surface area contributed by atoms with Gasteiger partial charge in [-0.05, 0) is 34.1 Å². The second kappa shape index (κ2) is 5.75. The van der Waals surface area contributed by atoms with Crippen molar-refractivity contribution in [2.75, 3.05) is 5.32 Å². The van der Waals surface area contributed by atoms with Gasteiger partial charge in [0.25, 0.3) is 5.91 Å². The van der Waals surface area contributed by atoms with Crippen LogP contribution < -0.4 is 5.32 Å². The monoisotopic (exact) mass is 364 g/mol. The fraction of sp³-hybridized carbons (Fsp3) is 0. The van der Waals surface area contributed by atoms with Gasteiger partial charge in [-0.15, -0.1) is 0 Å². The summed E-state index contributed by atoms with van der Waals surface area (Å²) in [5, 5.41) is 3.37. The summed E-state index contributed by atoms with van der Waals surface area (Å²) >= 11 is 9.54. The first-order chi connectivity index (χ1) is 10.1. The minimum absolute atomic E-state index is 0.246. The van der Waals surface area contributed by atoms with Gasteiger partial charge in [0.1, 0.15) is 5.69 Å². The molecule has 3 aromatic rings. The second-order valence-corrected chi connectivity index (χ2v) is 5.61. The number of aromatic nitrogens is 3. The van der Waals surface area contributed by atoms with Crippen molar-refractivity contribution < 1.29 is 4.79 Å². The Labute approximate surface area is 134 Å². The number of hydrogen-bond donors (Lipinski definition) is 2. The largest absolute Gasteiger partial charge is 0.356 e. The molecule has 1 amide bonds. The smallest absolute Gasteiger partial charge is 0.272 e. The van der Waals surface area contributed by atoms with Gasteiger partial charge in [-0.25, -0.2) is 4.98 Å². The summed E-state index contributed by atoms with van der Waals surface area (Å²) in [6, 6.07) is 7.04. The molecule has 0 unspecified atom stereocenters. The molecule has 7 heteroatoms. The molecule has 1 aromatic carbocycles. The fourth-order valence-corrected chi connectivity index (χ4v) is 2.57. The molecule has 2 heterocycles. The van der Waals surface area contributed by atoms with E-state index in [1.54, 1.807) is 53.8 Å². The van der Waals surface area contributed by atoms with Crippen molar-refractivity contribution in [3.63, 3.8) is 0 Å². The zero-order valence-electron chi connectivity index (χ0n) is 10.7. The number of nitrogens with zero attached hydrogens (tertiary/aromatic N) is 2. The first kappa shape index (κ1) is 13.9. The highest BCUT2D eigenvalue weighted by atomic mass is 79.9. The van der Waals surface area contributed by atoms with Gasteiger partial charge in [0.05, 0.1) is 22.7 Å². The highest BCUT2D eigenvalue weighted by Crippen LogP contribution is 2.28. The number of imidazole rings is 1. The van der Waals surface area contributed by atoms with E-state index in [9.17, 15) is 4.79 Å². The molecule has 0 saturated heterocycles. The van der Waals surface area contributed by atoms with Gasteiger partial charge in [-0.3, -0.25) is 4.79 Å². The number of carbonyl (C=O) groups excluding carboxylic acids is 1. The summed E-state index contributed by atoms with van der Waals surface area (Å²) in [7, 11) is 0. The van der Waals surface area contributed by atoms with Crippen molar-refractivity contribution in [1.82, 2.24) is 14.5 Å². The Morgan fingerprint density at radius 1 is 1.43 bits per heavy atom. The number of rotatable bonds is 3. The topological polar surface area (TPSA) is 62.7 Å². The van der Waals surface area contributed by atoms with E-state index < -0.39 is 0 Å². The number of halogens is 2. The number of amides is 1. The van der Waals surface area contributed by atoms with Crippen LogP contribution in [0.25, 0.3) is 5.69 Å². The summed E-state index contributed by atoms with van der Waals surface area (Å²) in [6.45, 7) is 0. The zero-order valence-corrected chi connectivity index (χ0v) is 13.0. The van der Waals surface area contributed by atoms with Crippen LogP contribution in [-0.2, 0) is 0 Å². The predicted octanol–water partition coefficient (Wildman–Crippen LogP) is 3.87. The normalized spacial score (nSPS) is 10.6. The van der Waals surface area contributed by atoms with Crippen molar-refractivity contribution in [1.29, 1.82) is 0 Å². The maximum absolute atomic E-state index is 12.2. The second-order valence-electron chi connectivity index (χ2n) is 4.29. The molecule has 2 aromatic heterocycles. The van der Waals surface area contributed by atoms with Gasteiger partial charge in [-0.2, -0.15) is 0 Å². The van der Waals surface area contributed by atoms with Crippen LogP contribution in [0.15, 0.2) is 53.7 Å². The number of carbonyl (C=O) groups is 1. The molecule has 106 valence electrons. The van der Waals surface area contributed by atoms with Crippen molar-refractivity contribution in [3.8, 4) is 5.69 Å². The third-order valence-corrected chi connectivity index (χ3v) is 3.65. The van der Waals surface area contributed by atoms with Crippen LogP contribution in [-0.4, -0.2) is 20.4 Å². The molecule has 0 saturated carbocycles. The maximum Gasteiger partial charge on any atom is 0.272 e. The van der Waals surface area contributed by atoms with Gasteiger partial charge in [-0.1, -0.05) is 17.7 Å². The van der Waals surface area contributed by atoms with E-state index in [1.807, 2.05) is 0 Å². The third kappa shape index (κ3) is 2.86. The van der Waals surface area contributed by atoms with Gasteiger partial charge >= 0.3 is 0 Å². The van der Waals surface area contributed by atoms with E-state index in [4.69, 9.17) is 11.6 Å². The van der Waals surface area contributed by atoms with Crippen LogP contribution in [0, 0.1) is 0 Å². The molecule has 0 aliphatic rings. The van der Waals surface area contributed by atoms with Crippen molar-refractivity contribution in [3.05, 3.63) is 64.4 Å². The van der Waals surface area contributed by atoms with Gasteiger partial charge in [0, 0.05) is 23.1 Å². The predicted molar refractivity (Wildman–Crippen MR) is 85.0 cm³/mol. The highest BCUT2D eigenvalue weighted by molar-refractivity contribution is 9.10. The molecule has 21 heavy (non-hydrogen) atoms. The first-order valence-corrected chi connectivity index (χ1v) is 7.24. The summed E-state index contributed by atoms with van der Waals surface area (Å²) in [5.41, 5.74) is 1.74. The van der Waals surface area contributed by atoms with Gasteiger partial charge in [0.2, 0.25) is 0 Å². The van der Waals surface area contributed by atoms with Crippen LogP contribution >= 0.6 is 27.5 Å². The molecule has 2 N–H and O–H groups in total. The molecule has 0 radical (unpaired) electrons. The summed E-state index contributed by atoms with van der Waals surface area (Å²) in [5.74, 6) is -0.246. The number of para-hydroxylation sites is 1. The summed E-state index contributed by atoms with van der Waals surface area (Å²) in [6.07, 6.45) is 6.74. The number of hydrogen-bond acceptors (Lipinski definition) is 2. The minimum atomic E-state index is -0.246. The zero-order chi connectivity index (χ0) is 14.8. The molecule has 0 aliphatic heterocycles. The molecule has 0 spiro atoms. The van der Waals surface area contributed by atoms with Gasteiger partial charge in [0.15, 0.2) is 0 Å². The summed E-state index contributed by atoms with van der Waals surface area (Å²) < 4.78 is 2.57. The Bertz CT molecular complexity index is 782. The Balaban J connectivity index is 1.96. The van der Waals surface area contributed by atoms with Crippen molar-refractivity contribution in [2.24, 2.45) is 0 Å². The van der Waals surface area contributed by atoms with E-state index >= 15 is 0 Å². The molecule has 5 nitrogen and oxygen atoms in total. The molecular weight excluding hydrogens is 356 g/mol. The Morgan fingerprint density at radius 2 is 2.29 bits per heavy atom.